The number of rotatable bonds is 4. The van der Waals surface area contributed by atoms with Gasteiger partial charge in [-0.3, -0.25) is 0 Å². The van der Waals surface area contributed by atoms with E-state index in [1.165, 1.54) is 12.1 Å². The van der Waals surface area contributed by atoms with Crippen molar-refractivity contribution in [2.24, 2.45) is 0 Å². The standard InChI is InChI=1S/C13H18F2N2O2/c1-12(2,3)17-7-6-16-9-4-5-10-11(8-9)19-13(14,15)18-10/h4-5,8,16-17H,6-7H2,1-3H3. The summed E-state index contributed by atoms with van der Waals surface area (Å²) in [5.41, 5.74) is 0.772. The van der Waals surface area contributed by atoms with Crippen molar-refractivity contribution >= 4 is 5.69 Å². The molecule has 0 bridgehead atoms. The molecule has 0 fully saturated rings. The molecule has 0 aromatic heterocycles. The molecular formula is C13H18F2N2O2. The number of fused-ring (bicyclic) bond motifs is 1. The third-order valence-electron chi connectivity index (χ3n) is 2.51. The fraction of sp³-hybridized carbons (Fsp3) is 0.538. The molecule has 0 saturated heterocycles. The maximum atomic E-state index is 12.8. The Morgan fingerprint density at radius 3 is 2.47 bits per heavy atom. The van der Waals surface area contributed by atoms with Gasteiger partial charge in [0.1, 0.15) is 0 Å². The summed E-state index contributed by atoms with van der Waals surface area (Å²) in [6, 6.07) is 4.66. The lowest BCUT2D eigenvalue weighted by Gasteiger charge is -2.20. The number of anilines is 1. The molecule has 2 rings (SSSR count). The number of alkyl halides is 2. The minimum atomic E-state index is -3.56. The molecule has 1 aromatic rings. The minimum Gasteiger partial charge on any atom is -0.395 e. The number of hydrogen-bond acceptors (Lipinski definition) is 4. The van der Waals surface area contributed by atoms with Crippen LogP contribution in [0.5, 0.6) is 11.5 Å². The van der Waals surface area contributed by atoms with E-state index in [0.29, 0.717) is 6.54 Å². The Bertz CT molecular complexity index is 458. The summed E-state index contributed by atoms with van der Waals surface area (Å²) in [6.07, 6.45) is -3.56. The van der Waals surface area contributed by atoms with E-state index in [-0.39, 0.29) is 17.0 Å². The smallest absolute Gasteiger partial charge is 0.395 e. The second-order valence-corrected chi connectivity index (χ2v) is 5.43. The molecule has 6 heteroatoms. The highest BCUT2D eigenvalue weighted by atomic mass is 19.3. The molecule has 1 aromatic carbocycles. The first-order valence-electron chi connectivity index (χ1n) is 6.14. The Balaban J connectivity index is 1.87. The molecule has 4 nitrogen and oxygen atoms in total. The lowest BCUT2D eigenvalue weighted by Crippen LogP contribution is -2.38. The van der Waals surface area contributed by atoms with Gasteiger partial charge in [0.05, 0.1) is 0 Å². The predicted molar refractivity (Wildman–Crippen MR) is 68.9 cm³/mol. The molecular weight excluding hydrogens is 254 g/mol. The second-order valence-electron chi connectivity index (χ2n) is 5.43. The van der Waals surface area contributed by atoms with Gasteiger partial charge in [-0.05, 0) is 32.9 Å². The van der Waals surface area contributed by atoms with Crippen LogP contribution in [0, 0.1) is 0 Å². The van der Waals surface area contributed by atoms with E-state index in [9.17, 15) is 8.78 Å². The summed E-state index contributed by atoms with van der Waals surface area (Å²) in [5, 5.41) is 6.45. The van der Waals surface area contributed by atoms with E-state index in [1.807, 2.05) is 0 Å². The molecule has 2 N–H and O–H groups in total. The third-order valence-corrected chi connectivity index (χ3v) is 2.51. The summed E-state index contributed by atoms with van der Waals surface area (Å²) in [6.45, 7) is 7.70. The van der Waals surface area contributed by atoms with Crippen molar-refractivity contribution in [1.82, 2.24) is 5.32 Å². The van der Waals surface area contributed by atoms with Gasteiger partial charge >= 0.3 is 6.29 Å². The van der Waals surface area contributed by atoms with Gasteiger partial charge in [-0.1, -0.05) is 0 Å². The molecule has 0 radical (unpaired) electrons. The second kappa shape index (κ2) is 4.85. The Labute approximate surface area is 111 Å². The van der Waals surface area contributed by atoms with Crippen molar-refractivity contribution in [3.63, 3.8) is 0 Å². The van der Waals surface area contributed by atoms with Crippen LogP contribution >= 0.6 is 0 Å². The lowest BCUT2D eigenvalue weighted by molar-refractivity contribution is -0.286. The molecule has 0 spiro atoms. The van der Waals surface area contributed by atoms with Crippen LogP contribution < -0.4 is 20.1 Å². The zero-order valence-corrected chi connectivity index (χ0v) is 11.2. The quantitative estimate of drug-likeness (QED) is 0.827. The van der Waals surface area contributed by atoms with Crippen molar-refractivity contribution in [1.29, 1.82) is 0 Å². The molecule has 19 heavy (non-hydrogen) atoms. The summed E-state index contributed by atoms with van der Waals surface area (Å²) < 4.78 is 34.4. The van der Waals surface area contributed by atoms with Gasteiger partial charge in [-0.2, -0.15) is 0 Å². The van der Waals surface area contributed by atoms with E-state index in [2.05, 4.69) is 40.9 Å². The van der Waals surface area contributed by atoms with Crippen LogP contribution in [-0.4, -0.2) is 24.9 Å². The molecule has 0 unspecified atom stereocenters. The summed E-state index contributed by atoms with van der Waals surface area (Å²) >= 11 is 0. The van der Waals surface area contributed by atoms with Gasteiger partial charge in [-0.15, -0.1) is 8.78 Å². The van der Waals surface area contributed by atoms with Crippen LogP contribution in [0.15, 0.2) is 18.2 Å². The van der Waals surface area contributed by atoms with Crippen molar-refractivity contribution < 1.29 is 18.3 Å². The zero-order valence-electron chi connectivity index (χ0n) is 11.2. The average Bonchev–Trinajstić information content (AvgIpc) is 2.56. The van der Waals surface area contributed by atoms with Gasteiger partial charge < -0.3 is 20.1 Å². The number of ether oxygens (including phenoxy) is 2. The highest BCUT2D eigenvalue weighted by Crippen LogP contribution is 2.42. The zero-order chi connectivity index (χ0) is 14.1. The maximum absolute atomic E-state index is 12.8. The first-order chi connectivity index (χ1) is 8.75. The van der Waals surface area contributed by atoms with Crippen LogP contribution in [0.2, 0.25) is 0 Å². The largest absolute Gasteiger partial charge is 0.586 e. The fourth-order valence-corrected chi connectivity index (χ4v) is 1.70. The van der Waals surface area contributed by atoms with Crippen molar-refractivity contribution in [3.8, 4) is 11.5 Å². The highest BCUT2D eigenvalue weighted by Gasteiger charge is 2.43. The third kappa shape index (κ3) is 3.96. The topological polar surface area (TPSA) is 42.5 Å². The van der Waals surface area contributed by atoms with Crippen molar-refractivity contribution in [3.05, 3.63) is 18.2 Å². The molecule has 1 aliphatic heterocycles. The minimum absolute atomic E-state index is 0.0542. The number of benzene rings is 1. The van der Waals surface area contributed by atoms with E-state index in [1.54, 1.807) is 6.07 Å². The first-order valence-corrected chi connectivity index (χ1v) is 6.14. The normalized spacial score (nSPS) is 16.5. The maximum Gasteiger partial charge on any atom is 0.586 e. The number of hydrogen-bond donors (Lipinski definition) is 2. The molecule has 0 saturated carbocycles. The van der Waals surface area contributed by atoms with Crippen LogP contribution in [0.1, 0.15) is 20.8 Å². The lowest BCUT2D eigenvalue weighted by atomic mass is 10.1. The first kappa shape index (κ1) is 13.9. The van der Waals surface area contributed by atoms with Crippen LogP contribution in [0.4, 0.5) is 14.5 Å². The Kier molecular flexibility index (Phi) is 3.54. The molecule has 0 amide bonds. The Morgan fingerprint density at radius 2 is 1.79 bits per heavy atom. The van der Waals surface area contributed by atoms with E-state index >= 15 is 0 Å². The van der Waals surface area contributed by atoms with E-state index in [4.69, 9.17) is 0 Å². The summed E-state index contributed by atoms with van der Waals surface area (Å²) in [5.74, 6) is 0.113. The Hall–Kier alpha value is -1.56. The van der Waals surface area contributed by atoms with Crippen molar-refractivity contribution in [2.45, 2.75) is 32.6 Å². The van der Waals surface area contributed by atoms with Gasteiger partial charge in [0.2, 0.25) is 0 Å². The highest BCUT2D eigenvalue weighted by molar-refractivity contribution is 5.55. The number of nitrogens with one attached hydrogen (secondary N) is 2. The van der Waals surface area contributed by atoms with Gasteiger partial charge in [0.15, 0.2) is 11.5 Å². The van der Waals surface area contributed by atoms with Crippen LogP contribution in [0.25, 0.3) is 0 Å². The van der Waals surface area contributed by atoms with Crippen LogP contribution in [0.3, 0.4) is 0 Å². The molecule has 1 heterocycles. The summed E-state index contributed by atoms with van der Waals surface area (Å²) in [4.78, 5) is 0. The van der Waals surface area contributed by atoms with E-state index < -0.39 is 6.29 Å². The molecule has 0 aliphatic carbocycles. The predicted octanol–water partition coefficient (Wildman–Crippen LogP) is 2.81. The van der Waals surface area contributed by atoms with Gasteiger partial charge in [0.25, 0.3) is 0 Å². The molecule has 1 aliphatic rings. The summed E-state index contributed by atoms with van der Waals surface area (Å²) in [7, 11) is 0. The van der Waals surface area contributed by atoms with Gasteiger partial charge in [0, 0.05) is 30.4 Å². The molecule has 106 valence electrons. The van der Waals surface area contributed by atoms with Gasteiger partial charge in [-0.25, -0.2) is 0 Å². The van der Waals surface area contributed by atoms with Crippen molar-refractivity contribution in [2.75, 3.05) is 18.4 Å². The Morgan fingerprint density at radius 1 is 1.11 bits per heavy atom. The van der Waals surface area contributed by atoms with Crippen LogP contribution in [-0.2, 0) is 0 Å². The number of halogens is 2. The molecule has 0 atom stereocenters. The average molecular weight is 272 g/mol. The SMILES string of the molecule is CC(C)(C)NCCNc1ccc2c(c1)OC(F)(F)O2. The van der Waals surface area contributed by atoms with E-state index in [0.717, 1.165) is 12.2 Å². The fourth-order valence-electron chi connectivity index (χ4n) is 1.70. The monoisotopic (exact) mass is 272 g/mol.